The molecule has 152 valence electrons. The van der Waals surface area contributed by atoms with Crippen LogP contribution in [0.5, 0.6) is 0 Å². The second kappa shape index (κ2) is 6.91. The zero-order chi connectivity index (χ0) is 20.2. The van der Waals surface area contributed by atoms with E-state index in [1.807, 2.05) is 25.4 Å². The molecule has 0 spiro atoms. The summed E-state index contributed by atoms with van der Waals surface area (Å²) >= 11 is 6.63. The molecule has 5 heterocycles. The summed E-state index contributed by atoms with van der Waals surface area (Å²) in [5.41, 5.74) is 4.80. The number of aryl methyl sites for hydroxylation is 1. The Hall–Kier alpha value is -2.73. The van der Waals surface area contributed by atoms with E-state index in [-0.39, 0.29) is 0 Å². The molecule has 2 aliphatic rings. The summed E-state index contributed by atoms with van der Waals surface area (Å²) in [6, 6.07) is 1.96. The second-order valence-electron chi connectivity index (χ2n) is 8.46. The third-order valence-corrected chi connectivity index (χ3v) is 6.81. The number of nitrogens with zero attached hydrogens (tertiary/aromatic N) is 5. The smallest absolute Gasteiger partial charge is 0.163 e. The monoisotopic (exact) mass is 418 g/mol. The number of anilines is 1. The van der Waals surface area contributed by atoms with Gasteiger partial charge in [0.05, 0.1) is 16.7 Å². The molecule has 30 heavy (non-hydrogen) atoms. The van der Waals surface area contributed by atoms with Crippen molar-refractivity contribution in [3.63, 3.8) is 0 Å². The van der Waals surface area contributed by atoms with Crippen molar-refractivity contribution in [2.45, 2.75) is 44.9 Å². The van der Waals surface area contributed by atoms with Gasteiger partial charge in [-0.1, -0.05) is 11.6 Å². The van der Waals surface area contributed by atoms with Gasteiger partial charge in [0.2, 0.25) is 0 Å². The molecule has 0 amide bonds. The minimum absolute atomic E-state index is 0.591. The van der Waals surface area contributed by atoms with E-state index in [0.29, 0.717) is 16.8 Å². The molecule has 0 aromatic carbocycles. The Balaban J connectivity index is 1.63. The Morgan fingerprint density at radius 2 is 1.90 bits per heavy atom. The zero-order valence-electron chi connectivity index (χ0n) is 17.0. The van der Waals surface area contributed by atoms with Gasteiger partial charge in [-0.2, -0.15) is 0 Å². The van der Waals surface area contributed by atoms with Gasteiger partial charge in [-0.25, -0.2) is 15.0 Å². The molecule has 6 nitrogen and oxygen atoms in total. The zero-order valence-corrected chi connectivity index (χ0v) is 17.7. The van der Waals surface area contributed by atoms with Crippen LogP contribution >= 0.6 is 11.6 Å². The first-order valence-electron chi connectivity index (χ1n) is 10.7. The van der Waals surface area contributed by atoms with Crippen molar-refractivity contribution >= 4 is 39.4 Å². The number of aromatic nitrogens is 5. The topological polar surface area (TPSA) is 70.6 Å². The first-order valence-corrected chi connectivity index (χ1v) is 11.1. The number of pyridine rings is 2. The standard InChI is InChI=1S/C23H23ClN6/c1-13-20(24)19-15(7-8-26-22(19)27-13)21-28-17-12-25-11-16(14-5-6-14)18(17)23(29-21)30-9-3-2-4-10-30/h7-8,11-12,14H,2-6,9-10H2,1H3,(H,26,27). The Bertz CT molecular complexity index is 1270. The van der Waals surface area contributed by atoms with E-state index in [9.17, 15) is 0 Å². The maximum absolute atomic E-state index is 6.63. The summed E-state index contributed by atoms with van der Waals surface area (Å²) in [6.07, 6.45) is 11.8. The number of hydrogen-bond donors (Lipinski definition) is 1. The van der Waals surface area contributed by atoms with E-state index < -0.39 is 0 Å². The summed E-state index contributed by atoms with van der Waals surface area (Å²) in [5.74, 6) is 2.33. The molecule has 1 saturated carbocycles. The Morgan fingerprint density at radius 3 is 2.70 bits per heavy atom. The minimum atomic E-state index is 0.591. The maximum Gasteiger partial charge on any atom is 0.163 e. The molecule has 0 bridgehead atoms. The van der Waals surface area contributed by atoms with E-state index >= 15 is 0 Å². The third-order valence-electron chi connectivity index (χ3n) is 6.34. The van der Waals surface area contributed by atoms with E-state index in [1.165, 1.54) is 43.1 Å². The summed E-state index contributed by atoms with van der Waals surface area (Å²) in [5, 5.41) is 2.74. The van der Waals surface area contributed by atoms with Crippen LogP contribution < -0.4 is 4.90 Å². The molecular formula is C23H23ClN6. The van der Waals surface area contributed by atoms with E-state index in [2.05, 4.69) is 19.9 Å². The van der Waals surface area contributed by atoms with Crippen LogP contribution in [-0.2, 0) is 0 Å². The lowest BCUT2D eigenvalue weighted by atomic mass is 10.0. The average Bonchev–Trinajstić information content (AvgIpc) is 3.59. The average molecular weight is 419 g/mol. The number of halogens is 1. The van der Waals surface area contributed by atoms with Crippen molar-refractivity contribution in [1.82, 2.24) is 24.9 Å². The summed E-state index contributed by atoms with van der Waals surface area (Å²) < 4.78 is 0. The van der Waals surface area contributed by atoms with Crippen LogP contribution in [-0.4, -0.2) is 38.0 Å². The lowest BCUT2D eigenvalue weighted by Crippen LogP contribution is -2.30. The molecule has 0 unspecified atom stereocenters. The second-order valence-corrected chi connectivity index (χ2v) is 8.84. The molecule has 7 heteroatoms. The quantitative estimate of drug-likeness (QED) is 0.482. The highest BCUT2D eigenvalue weighted by atomic mass is 35.5. The van der Waals surface area contributed by atoms with Crippen LogP contribution in [0.15, 0.2) is 24.7 Å². The van der Waals surface area contributed by atoms with Crippen molar-refractivity contribution in [2.75, 3.05) is 18.0 Å². The normalized spacial score (nSPS) is 17.2. The molecule has 2 fully saturated rings. The van der Waals surface area contributed by atoms with Gasteiger partial charge >= 0.3 is 0 Å². The highest BCUT2D eigenvalue weighted by Crippen LogP contribution is 2.45. The molecule has 1 N–H and O–H groups in total. The Kier molecular flexibility index (Phi) is 4.16. The van der Waals surface area contributed by atoms with Crippen molar-refractivity contribution in [3.8, 4) is 11.4 Å². The predicted octanol–water partition coefficient (Wildman–Crippen LogP) is 5.40. The molecule has 4 aromatic rings. The summed E-state index contributed by atoms with van der Waals surface area (Å²) in [7, 11) is 0. The highest BCUT2D eigenvalue weighted by Gasteiger charge is 2.29. The van der Waals surface area contributed by atoms with Gasteiger partial charge in [0.15, 0.2) is 5.82 Å². The van der Waals surface area contributed by atoms with Crippen LogP contribution in [0.4, 0.5) is 5.82 Å². The maximum atomic E-state index is 6.63. The SMILES string of the molecule is Cc1[nH]c2nccc(-c3nc(N4CCCCC4)c4c(C5CC5)cncc4n3)c2c1Cl. The third kappa shape index (κ3) is 2.85. The van der Waals surface area contributed by atoms with Gasteiger partial charge in [0.25, 0.3) is 0 Å². The van der Waals surface area contributed by atoms with Crippen LogP contribution in [0.25, 0.3) is 33.3 Å². The van der Waals surface area contributed by atoms with Gasteiger partial charge in [-0.15, -0.1) is 0 Å². The van der Waals surface area contributed by atoms with Gasteiger partial charge < -0.3 is 9.88 Å². The van der Waals surface area contributed by atoms with Gasteiger partial charge in [0, 0.05) is 47.5 Å². The number of H-pyrrole nitrogens is 1. The van der Waals surface area contributed by atoms with Gasteiger partial charge in [-0.3, -0.25) is 4.98 Å². The molecule has 1 aliphatic heterocycles. The van der Waals surface area contributed by atoms with Crippen LogP contribution in [0.3, 0.4) is 0 Å². The van der Waals surface area contributed by atoms with Gasteiger partial charge in [0.1, 0.15) is 11.5 Å². The number of rotatable bonds is 3. The van der Waals surface area contributed by atoms with Crippen LogP contribution in [0.2, 0.25) is 5.02 Å². The molecule has 1 saturated heterocycles. The van der Waals surface area contributed by atoms with E-state index in [1.54, 1.807) is 6.20 Å². The molecule has 6 rings (SSSR count). The van der Waals surface area contributed by atoms with Crippen molar-refractivity contribution < 1.29 is 0 Å². The fourth-order valence-corrected chi connectivity index (χ4v) is 4.87. The molecule has 4 aromatic heterocycles. The fourth-order valence-electron chi connectivity index (χ4n) is 4.63. The minimum Gasteiger partial charge on any atom is -0.356 e. The molecule has 0 radical (unpaired) electrons. The Morgan fingerprint density at radius 1 is 1.07 bits per heavy atom. The molecular weight excluding hydrogens is 396 g/mol. The van der Waals surface area contributed by atoms with Crippen LogP contribution in [0.1, 0.15) is 49.3 Å². The van der Waals surface area contributed by atoms with E-state index in [0.717, 1.165) is 46.7 Å². The summed E-state index contributed by atoms with van der Waals surface area (Å²) in [4.78, 5) is 24.8. The fraction of sp³-hybridized carbons (Fsp3) is 0.391. The largest absolute Gasteiger partial charge is 0.356 e. The van der Waals surface area contributed by atoms with E-state index in [4.69, 9.17) is 21.6 Å². The number of nitrogens with one attached hydrogen (secondary N) is 1. The predicted molar refractivity (Wildman–Crippen MR) is 120 cm³/mol. The first-order chi connectivity index (χ1) is 14.7. The first kappa shape index (κ1) is 18.1. The number of hydrogen-bond acceptors (Lipinski definition) is 5. The lowest BCUT2D eigenvalue weighted by molar-refractivity contribution is 0.574. The molecule has 1 aliphatic carbocycles. The lowest BCUT2D eigenvalue weighted by Gasteiger charge is -2.29. The Labute approximate surface area is 179 Å². The molecule has 0 atom stereocenters. The van der Waals surface area contributed by atoms with Crippen LogP contribution in [0, 0.1) is 6.92 Å². The summed E-state index contributed by atoms with van der Waals surface area (Å²) in [6.45, 7) is 4.03. The van der Waals surface area contributed by atoms with Crippen molar-refractivity contribution in [2.24, 2.45) is 0 Å². The highest BCUT2D eigenvalue weighted by molar-refractivity contribution is 6.37. The van der Waals surface area contributed by atoms with Crippen molar-refractivity contribution in [1.29, 1.82) is 0 Å². The van der Waals surface area contributed by atoms with Crippen molar-refractivity contribution in [3.05, 3.63) is 40.9 Å². The number of piperidine rings is 1. The number of fused-ring (bicyclic) bond motifs is 2. The number of aromatic amines is 1. The van der Waals surface area contributed by atoms with Gasteiger partial charge in [-0.05, 0) is 56.6 Å².